The number of fused-ring (bicyclic) bond motifs is 1. The van der Waals surface area contributed by atoms with Crippen LogP contribution in [-0.2, 0) is 16.1 Å². The van der Waals surface area contributed by atoms with Crippen LogP contribution in [0.3, 0.4) is 0 Å². The first-order valence-corrected chi connectivity index (χ1v) is 8.41. The molecule has 27 heavy (non-hydrogen) atoms. The Bertz CT molecular complexity index is 969. The number of methoxy groups -OCH3 is 1. The third-order valence-electron chi connectivity index (χ3n) is 3.91. The number of hydrogen-bond acceptors (Lipinski definition) is 5. The van der Waals surface area contributed by atoms with Gasteiger partial charge in [-0.2, -0.15) is 0 Å². The van der Waals surface area contributed by atoms with Crippen molar-refractivity contribution in [2.75, 3.05) is 13.7 Å². The van der Waals surface area contributed by atoms with Crippen LogP contribution in [0.1, 0.15) is 5.56 Å². The fraction of sp³-hybridized carbons (Fsp3) is 0.143. The number of carbonyl (C=O) groups is 1. The summed E-state index contributed by atoms with van der Waals surface area (Å²) < 4.78 is 10.7. The maximum atomic E-state index is 11.8. The van der Waals surface area contributed by atoms with E-state index in [9.17, 15) is 4.79 Å². The van der Waals surface area contributed by atoms with Crippen molar-refractivity contribution in [3.05, 3.63) is 72.3 Å². The normalized spacial score (nSPS) is 11.2. The van der Waals surface area contributed by atoms with Crippen LogP contribution in [0, 0.1) is 0 Å². The van der Waals surface area contributed by atoms with E-state index in [-0.39, 0.29) is 12.4 Å². The van der Waals surface area contributed by atoms with Crippen LogP contribution >= 0.6 is 0 Å². The summed E-state index contributed by atoms with van der Waals surface area (Å²) in [5.74, 6) is 0.808. The van der Waals surface area contributed by atoms with Crippen LogP contribution in [0.2, 0.25) is 0 Å². The predicted octanol–water partition coefficient (Wildman–Crippen LogP) is 3.29. The highest BCUT2D eigenvalue weighted by molar-refractivity contribution is 5.84. The van der Waals surface area contributed by atoms with E-state index >= 15 is 0 Å². The number of hydrogen-bond donors (Lipinski definition) is 1. The molecule has 3 aromatic carbocycles. The zero-order chi connectivity index (χ0) is 19.1. The molecule has 0 spiro atoms. The molecule has 0 aliphatic heterocycles. The van der Waals surface area contributed by atoms with E-state index in [1.54, 1.807) is 13.2 Å². The molecule has 3 rings (SSSR count). The van der Waals surface area contributed by atoms with Crippen LogP contribution in [0.5, 0.6) is 11.5 Å². The van der Waals surface area contributed by atoms with Crippen molar-refractivity contribution in [3.8, 4) is 11.5 Å². The summed E-state index contributed by atoms with van der Waals surface area (Å²) in [6, 6.07) is 20.9. The highest BCUT2D eigenvalue weighted by Gasteiger charge is 2.08. The number of oxime groups is 1. The maximum absolute atomic E-state index is 11.8. The van der Waals surface area contributed by atoms with Gasteiger partial charge in [0.05, 0.1) is 7.11 Å². The topological polar surface area (TPSA) is 83.1 Å². The Hall–Kier alpha value is -3.54. The Labute approximate surface area is 157 Å². The summed E-state index contributed by atoms with van der Waals surface area (Å²) in [6.45, 7) is -0.260. The SMILES string of the molecule is COc1ccccc1C/C(N)=N\OC(=O)COc1ccc2ccccc2c1. The second kappa shape index (κ2) is 8.71. The zero-order valence-corrected chi connectivity index (χ0v) is 14.9. The second-order valence-corrected chi connectivity index (χ2v) is 5.83. The van der Waals surface area contributed by atoms with E-state index in [4.69, 9.17) is 20.0 Å². The minimum absolute atomic E-state index is 0.165. The van der Waals surface area contributed by atoms with Gasteiger partial charge >= 0.3 is 5.97 Å². The monoisotopic (exact) mass is 364 g/mol. The lowest BCUT2D eigenvalue weighted by Gasteiger charge is -2.08. The number of rotatable bonds is 7. The predicted molar refractivity (Wildman–Crippen MR) is 104 cm³/mol. The number of para-hydroxylation sites is 1. The van der Waals surface area contributed by atoms with Gasteiger partial charge in [-0.3, -0.25) is 0 Å². The van der Waals surface area contributed by atoms with E-state index in [0.29, 0.717) is 17.9 Å². The van der Waals surface area contributed by atoms with Crippen LogP contribution in [-0.4, -0.2) is 25.5 Å². The van der Waals surface area contributed by atoms with E-state index in [0.717, 1.165) is 16.3 Å². The largest absolute Gasteiger partial charge is 0.496 e. The van der Waals surface area contributed by atoms with E-state index in [1.807, 2.05) is 60.7 Å². The second-order valence-electron chi connectivity index (χ2n) is 5.83. The highest BCUT2D eigenvalue weighted by Crippen LogP contribution is 2.20. The van der Waals surface area contributed by atoms with Gasteiger partial charge < -0.3 is 20.0 Å². The van der Waals surface area contributed by atoms with Gasteiger partial charge in [0, 0.05) is 12.0 Å². The molecular formula is C21H20N2O4. The smallest absolute Gasteiger partial charge is 0.372 e. The van der Waals surface area contributed by atoms with Crippen LogP contribution in [0.25, 0.3) is 10.8 Å². The zero-order valence-electron chi connectivity index (χ0n) is 14.9. The van der Waals surface area contributed by atoms with Gasteiger partial charge in [0.1, 0.15) is 17.3 Å². The molecule has 0 atom stereocenters. The Morgan fingerprint density at radius 1 is 1.00 bits per heavy atom. The van der Waals surface area contributed by atoms with Crippen molar-refractivity contribution in [2.45, 2.75) is 6.42 Å². The quantitative estimate of drug-likeness (QED) is 0.301. The van der Waals surface area contributed by atoms with Gasteiger partial charge in [0.15, 0.2) is 6.61 Å². The Morgan fingerprint density at radius 3 is 2.56 bits per heavy atom. The van der Waals surface area contributed by atoms with Crippen LogP contribution in [0.15, 0.2) is 71.9 Å². The molecule has 0 aliphatic rings. The first kappa shape index (κ1) is 18.3. The molecule has 0 aromatic heterocycles. The van der Waals surface area contributed by atoms with Crippen molar-refractivity contribution in [1.82, 2.24) is 0 Å². The summed E-state index contributed by atoms with van der Waals surface area (Å²) in [5, 5.41) is 5.79. The van der Waals surface area contributed by atoms with Gasteiger partial charge in [-0.15, -0.1) is 0 Å². The molecule has 3 aromatic rings. The molecule has 0 unspecified atom stereocenters. The average molecular weight is 364 g/mol. The number of benzene rings is 3. The lowest BCUT2D eigenvalue weighted by atomic mass is 10.1. The van der Waals surface area contributed by atoms with Gasteiger partial charge in [0.25, 0.3) is 0 Å². The third kappa shape index (κ3) is 4.98. The number of nitrogens with zero attached hydrogens (tertiary/aromatic N) is 1. The Balaban J connectivity index is 1.53. The van der Waals surface area contributed by atoms with Crippen molar-refractivity contribution in [2.24, 2.45) is 10.9 Å². The fourth-order valence-electron chi connectivity index (χ4n) is 2.61. The molecule has 0 amide bonds. The van der Waals surface area contributed by atoms with E-state index < -0.39 is 5.97 Å². The summed E-state index contributed by atoms with van der Waals surface area (Å²) in [5.41, 5.74) is 6.68. The molecular weight excluding hydrogens is 344 g/mol. The lowest BCUT2D eigenvalue weighted by molar-refractivity contribution is -0.146. The van der Waals surface area contributed by atoms with Gasteiger partial charge in [-0.1, -0.05) is 53.7 Å². The molecule has 0 heterocycles. The average Bonchev–Trinajstić information content (AvgIpc) is 2.71. The summed E-state index contributed by atoms with van der Waals surface area (Å²) >= 11 is 0. The highest BCUT2D eigenvalue weighted by atomic mass is 16.7. The van der Waals surface area contributed by atoms with Crippen LogP contribution in [0.4, 0.5) is 0 Å². The van der Waals surface area contributed by atoms with Crippen molar-refractivity contribution >= 4 is 22.6 Å². The summed E-state index contributed by atoms with van der Waals surface area (Å²) in [7, 11) is 1.58. The molecule has 138 valence electrons. The first-order chi connectivity index (χ1) is 13.2. The minimum atomic E-state index is -0.633. The van der Waals surface area contributed by atoms with E-state index in [2.05, 4.69) is 5.16 Å². The van der Waals surface area contributed by atoms with Crippen LogP contribution < -0.4 is 15.2 Å². The van der Waals surface area contributed by atoms with Crippen molar-refractivity contribution in [1.29, 1.82) is 0 Å². The van der Waals surface area contributed by atoms with Gasteiger partial charge in [-0.25, -0.2) is 4.79 Å². The molecule has 6 heteroatoms. The molecule has 0 bridgehead atoms. The van der Waals surface area contributed by atoms with Gasteiger partial charge in [0.2, 0.25) is 0 Å². The summed E-state index contributed by atoms with van der Waals surface area (Å²) in [6.07, 6.45) is 0.308. The minimum Gasteiger partial charge on any atom is -0.496 e. The van der Waals surface area contributed by atoms with Gasteiger partial charge in [-0.05, 0) is 29.0 Å². The standard InChI is InChI=1S/C21H20N2O4/c1-25-19-9-5-4-8-17(19)13-20(22)23-27-21(24)14-26-18-11-10-15-6-2-3-7-16(15)12-18/h2-12H,13-14H2,1H3,(H2,22,23). The fourth-order valence-corrected chi connectivity index (χ4v) is 2.61. The Kier molecular flexibility index (Phi) is 5.89. The summed E-state index contributed by atoms with van der Waals surface area (Å²) in [4.78, 5) is 16.6. The molecule has 0 saturated heterocycles. The van der Waals surface area contributed by atoms with Crippen molar-refractivity contribution in [3.63, 3.8) is 0 Å². The molecule has 2 N–H and O–H groups in total. The lowest BCUT2D eigenvalue weighted by Crippen LogP contribution is -2.19. The molecule has 0 fully saturated rings. The number of amidine groups is 1. The first-order valence-electron chi connectivity index (χ1n) is 8.41. The van der Waals surface area contributed by atoms with E-state index in [1.165, 1.54) is 0 Å². The maximum Gasteiger partial charge on any atom is 0.372 e. The molecule has 0 aliphatic carbocycles. The third-order valence-corrected chi connectivity index (χ3v) is 3.91. The molecule has 0 radical (unpaired) electrons. The Morgan fingerprint density at radius 2 is 1.74 bits per heavy atom. The number of ether oxygens (including phenoxy) is 2. The number of carbonyl (C=O) groups excluding carboxylic acids is 1. The molecule has 6 nitrogen and oxygen atoms in total. The van der Waals surface area contributed by atoms with Crippen molar-refractivity contribution < 1.29 is 19.1 Å². The molecule has 0 saturated carbocycles. The number of nitrogens with two attached hydrogens (primary N) is 1.